The van der Waals surface area contributed by atoms with Crippen LogP contribution in [0.3, 0.4) is 0 Å². The van der Waals surface area contributed by atoms with Crippen molar-refractivity contribution in [3.63, 3.8) is 0 Å². The fraction of sp³-hybridized carbons (Fsp3) is 0.588. The Bertz CT molecular complexity index is 664. The second-order valence-electron chi connectivity index (χ2n) is 6.71. The lowest BCUT2D eigenvalue weighted by atomic mass is 9.95. The Morgan fingerprint density at radius 3 is 2.92 bits per heavy atom. The van der Waals surface area contributed by atoms with Crippen LogP contribution >= 0.6 is 11.3 Å². The SMILES string of the molecule is COc1nnc(CN2C[C@H]3CC[C@@H]2CN(Cc2ccccn2)C3)s1. The Morgan fingerprint density at radius 2 is 2.12 bits per heavy atom. The number of methoxy groups -OCH3 is 1. The Hall–Kier alpha value is -1.57. The van der Waals surface area contributed by atoms with E-state index in [1.165, 1.54) is 25.1 Å². The Balaban J connectivity index is 1.42. The minimum atomic E-state index is 0.599. The molecule has 0 radical (unpaired) electrons. The fourth-order valence-electron chi connectivity index (χ4n) is 3.88. The zero-order chi connectivity index (χ0) is 16.4. The third-order valence-electron chi connectivity index (χ3n) is 4.98. The number of hydrogen-bond acceptors (Lipinski definition) is 7. The van der Waals surface area contributed by atoms with Crippen molar-refractivity contribution < 1.29 is 4.74 Å². The van der Waals surface area contributed by atoms with Crippen LogP contribution in [0.4, 0.5) is 0 Å². The largest absolute Gasteiger partial charge is 0.472 e. The van der Waals surface area contributed by atoms with Gasteiger partial charge in [-0.2, -0.15) is 0 Å². The number of hydrogen-bond donors (Lipinski definition) is 0. The molecule has 3 aliphatic rings. The third-order valence-corrected chi connectivity index (χ3v) is 5.84. The van der Waals surface area contributed by atoms with Gasteiger partial charge in [0, 0.05) is 38.4 Å². The smallest absolute Gasteiger partial charge is 0.293 e. The molecule has 0 amide bonds. The monoisotopic (exact) mass is 345 g/mol. The number of pyridine rings is 1. The van der Waals surface area contributed by atoms with Crippen molar-refractivity contribution in [2.45, 2.75) is 32.0 Å². The first-order valence-corrected chi connectivity index (χ1v) is 9.34. The summed E-state index contributed by atoms with van der Waals surface area (Å²) in [6, 6.07) is 6.78. The van der Waals surface area contributed by atoms with Gasteiger partial charge in [0.25, 0.3) is 5.19 Å². The number of aromatic nitrogens is 3. The quantitative estimate of drug-likeness (QED) is 0.827. The average molecular weight is 345 g/mol. The zero-order valence-electron chi connectivity index (χ0n) is 14.0. The second kappa shape index (κ2) is 7.13. The van der Waals surface area contributed by atoms with Gasteiger partial charge in [-0.3, -0.25) is 14.8 Å². The molecule has 5 heterocycles. The summed E-state index contributed by atoms with van der Waals surface area (Å²) in [4.78, 5) is 9.65. The summed E-state index contributed by atoms with van der Waals surface area (Å²) in [7, 11) is 1.65. The van der Waals surface area contributed by atoms with E-state index in [1.807, 2.05) is 12.3 Å². The van der Waals surface area contributed by atoms with E-state index in [0.29, 0.717) is 11.2 Å². The van der Waals surface area contributed by atoms with E-state index in [1.54, 1.807) is 18.4 Å². The van der Waals surface area contributed by atoms with Gasteiger partial charge in [0.05, 0.1) is 19.3 Å². The van der Waals surface area contributed by atoms with Gasteiger partial charge in [0.15, 0.2) is 0 Å². The lowest BCUT2D eigenvalue weighted by molar-refractivity contribution is 0.122. The molecule has 3 aliphatic heterocycles. The van der Waals surface area contributed by atoms with Crippen LogP contribution < -0.4 is 4.74 Å². The summed E-state index contributed by atoms with van der Waals surface area (Å²) < 4.78 is 5.17. The zero-order valence-corrected chi connectivity index (χ0v) is 14.8. The molecule has 0 aliphatic carbocycles. The van der Waals surface area contributed by atoms with Crippen LogP contribution in [0.2, 0.25) is 0 Å². The van der Waals surface area contributed by atoms with Crippen LogP contribution in [0.5, 0.6) is 5.19 Å². The van der Waals surface area contributed by atoms with Crippen molar-refractivity contribution in [2.75, 3.05) is 26.7 Å². The van der Waals surface area contributed by atoms with Crippen LogP contribution in [-0.2, 0) is 13.1 Å². The van der Waals surface area contributed by atoms with Crippen molar-refractivity contribution in [1.82, 2.24) is 25.0 Å². The molecule has 3 saturated heterocycles. The second-order valence-corrected chi connectivity index (χ2v) is 7.73. The van der Waals surface area contributed by atoms with E-state index in [2.05, 4.69) is 37.1 Å². The predicted octanol–water partition coefficient (Wildman–Crippen LogP) is 2.04. The fourth-order valence-corrected chi connectivity index (χ4v) is 4.56. The number of rotatable bonds is 5. The molecule has 7 heteroatoms. The highest BCUT2D eigenvalue weighted by Crippen LogP contribution is 2.30. The molecule has 2 bridgehead atoms. The molecule has 2 atom stereocenters. The van der Waals surface area contributed by atoms with Crippen molar-refractivity contribution in [3.8, 4) is 5.19 Å². The highest BCUT2D eigenvalue weighted by molar-refractivity contribution is 7.13. The molecule has 2 aromatic rings. The predicted molar refractivity (Wildman–Crippen MR) is 92.9 cm³/mol. The molecule has 128 valence electrons. The van der Waals surface area contributed by atoms with Crippen LogP contribution in [-0.4, -0.2) is 57.8 Å². The standard InChI is InChI=1S/C17H23N5OS/c1-23-17-20-19-16(24-17)12-22-9-13-5-6-15(22)11-21(8-13)10-14-4-2-3-7-18-14/h2-4,7,13,15H,5-6,8-12H2,1H3/t13-,15+/m0/s1. The number of nitrogens with zero attached hydrogens (tertiary/aromatic N) is 5. The van der Waals surface area contributed by atoms with Crippen LogP contribution in [0.15, 0.2) is 24.4 Å². The Kier molecular flexibility index (Phi) is 4.73. The highest BCUT2D eigenvalue weighted by Gasteiger charge is 2.35. The first kappa shape index (κ1) is 15.9. The van der Waals surface area contributed by atoms with Gasteiger partial charge in [-0.05, 0) is 30.9 Å². The summed E-state index contributed by atoms with van der Waals surface area (Å²) in [5.41, 5.74) is 1.17. The van der Waals surface area contributed by atoms with Crippen molar-refractivity contribution in [2.24, 2.45) is 5.92 Å². The molecule has 0 unspecified atom stereocenters. The van der Waals surface area contributed by atoms with E-state index in [-0.39, 0.29) is 0 Å². The van der Waals surface area contributed by atoms with Crippen molar-refractivity contribution >= 4 is 11.3 Å². The molecule has 3 fully saturated rings. The van der Waals surface area contributed by atoms with Gasteiger partial charge < -0.3 is 4.74 Å². The lowest BCUT2D eigenvalue weighted by Crippen LogP contribution is -2.43. The minimum Gasteiger partial charge on any atom is -0.472 e. The van der Waals surface area contributed by atoms with Crippen LogP contribution in [0, 0.1) is 5.92 Å². The Labute approximate surface area is 146 Å². The molecule has 24 heavy (non-hydrogen) atoms. The maximum atomic E-state index is 5.17. The lowest BCUT2D eigenvalue weighted by Gasteiger charge is -2.35. The maximum Gasteiger partial charge on any atom is 0.293 e. The summed E-state index contributed by atoms with van der Waals surface area (Å²) in [6.07, 6.45) is 4.50. The molecule has 0 N–H and O–H groups in total. The van der Waals surface area contributed by atoms with Gasteiger partial charge in [-0.25, -0.2) is 0 Å². The van der Waals surface area contributed by atoms with Crippen molar-refractivity contribution in [3.05, 3.63) is 35.1 Å². The average Bonchev–Trinajstić information content (AvgIpc) is 2.88. The topological polar surface area (TPSA) is 54.4 Å². The molecule has 6 nitrogen and oxygen atoms in total. The molecule has 0 saturated carbocycles. The highest BCUT2D eigenvalue weighted by atomic mass is 32.1. The van der Waals surface area contributed by atoms with E-state index in [9.17, 15) is 0 Å². The van der Waals surface area contributed by atoms with Crippen LogP contribution in [0.25, 0.3) is 0 Å². The van der Waals surface area contributed by atoms with Gasteiger partial charge in [0.2, 0.25) is 0 Å². The molecular weight excluding hydrogens is 322 g/mol. The van der Waals surface area contributed by atoms with Gasteiger partial charge in [-0.15, -0.1) is 10.2 Å². The molecule has 2 aromatic heterocycles. The van der Waals surface area contributed by atoms with E-state index >= 15 is 0 Å². The maximum absolute atomic E-state index is 5.17. The van der Waals surface area contributed by atoms with E-state index in [4.69, 9.17) is 4.74 Å². The summed E-state index contributed by atoms with van der Waals surface area (Å²) >= 11 is 1.55. The van der Waals surface area contributed by atoms with Gasteiger partial charge in [-0.1, -0.05) is 17.4 Å². The Morgan fingerprint density at radius 1 is 1.17 bits per heavy atom. The van der Waals surface area contributed by atoms with Gasteiger partial charge >= 0.3 is 0 Å². The summed E-state index contributed by atoms with van der Waals surface area (Å²) in [5, 5.41) is 10.0. The first-order valence-electron chi connectivity index (χ1n) is 8.53. The molecule has 0 aromatic carbocycles. The number of ether oxygens (including phenoxy) is 1. The molecule has 5 rings (SSSR count). The van der Waals surface area contributed by atoms with Gasteiger partial charge in [0.1, 0.15) is 5.01 Å². The summed E-state index contributed by atoms with van der Waals surface area (Å²) in [6.45, 7) is 5.28. The van der Waals surface area contributed by atoms with Crippen molar-refractivity contribution in [1.29, 1.82) is 0 Å². The van der Waals surface area contributed by atoms with E-state index < -0.39 is 0 Å². The molecular formula is C17H23N5OS. The number of fused-ring (bicyclic) bond motifs is 4. The first-order chi connectivity index (χ1) is 11.8. The van der Waals surface area contributed by atoms with Crippen LogP contribution in [0.1, 0.15) is 23.5 Å². The minimum absolute atomic E-state index is 0.599. The van der Waals surface area contributed by atoms with E-state index in [0.717, 1.165) is 37.1 Å². The third kappa shape index (κ3) is 3.58. The number of piperidine rings is 1. The summed E-state index contributed by atoms with van der Waals surface area (Å²) in [5.74, 6) is 0.738. The normalized spacial score (nSPS) is 24.9. The molecule has 0 spiro atoms.